The molecule has 0 heterocycles. The first-order valence-electron chi connectivity index (χ1n) is 6.66. The molecule has 1 aliphatic rings. The monoisotopic (exact) mass is 305 g/mol. The van der Waals surface area contributed by atoms with E-state index in [0.717, 1.165) is 24.6 Å². The Morgan fingerprint density at radius 2 is 1.90 bits per heavy atom. The van der Waals surface area contributed by atoms with E-state index in [1.807, 2.05) is 0 Å². The quantitative estimate of drug-likeness (QED) is 0.583. The van der Waals surface area contributed by atoms with Gasteiger partial charge < -0.3 is 10.1 Å². The molecule has 2 nitrogen and oxygen atoms in total. The smallest absolute Gasteiger partial charge is 0.380 e. The molecule has 6 heteroatoms. The number of ether oxygens (including phenoxy) is 1. The Balaban J connectivity index is 1.60. The first-order valence-corrected chi connectivity index (χ1v) is 7.48. The van der Waals surface area contributed by atoms with Crippen molar-refractivity contribution in [2.45, 2.75) is 29.8 Å². The summed E-state index contributed by atoms with van der Waals surface area (Å²) in [6.07, 6.45) is 2.57. The molecule has 1 aliphatic carbocycles. The zero-order valence-corrected chi connectivity index (χ0v) is 11.9. The van der Waals surface area contributed by atoms with E-state index in [4.69, 9.17) is 4.74 Å². The van der Waals surface area contributed by atoms with Gasteiger partial charge in [-0.15, -0.1) is 0 Å². The highest BCUT2D eigenvalue weighted by Gasteiger charge is 2.28. The standard InChI is InChI=1S/C14H18F3NOS/c15-14(16,17)20-13-5-3-11(4-6-13)9-18-7-8-19-10-12-1-2-12/h3-6,12,18H,1-2,7-10H2. The van der Waals surface area contributed by atoms with Crippen molar-refractivity contribution in [2.24, 2.45) is 5.92 Å². The molecule has 1 N–H and O–H groups in total. The van der Waals surface area contributed by atoms with Gasteiger partial charge in [0.1, 0.15) is 0 Å². The second kappa shape index (κ2) is 7.33. The number of thioether (sulfide) groups is 1. The molecule has 0 unspecified atom stereocenters. The van der Waals surface area contributed by atoms with Crippen LogP contribution in [0.15, 0.2) is 29.2 Å². The maximum Gasteiger partial charge on any atom is 0.446 e. The molecule has 1 saturated carbocycles. The number of hydrogen-bond acceptors (Lipinski definition) is 3. The SMILES string of the molecule is FC(F)(F)Sc1ccc(CNCCOCC2CC2)cc1. The summed E-state index contributed by atoms with van der Waals surface area (Å²) in [6.45, 7) is 2.93. The summed E-state index contributed by atoms with van der Waals surface area (Å²) in [5.74, 6) is 0.772. The van der Waals surface area contributed by atoms with Crippen molar-refractivity contribution in [1.82, 2.24) is 5.32 Å². The van der Waals surface area contributed by atoms with Crippen molar-refractivity contribution < 1.29 is 17.9 Å². The van der Waals surface area contributed by atoms with Crippen LogP contribution < -0.4 is 5.32 Å². The van der Waals surface area contributed by atoms with Gasteiger partial charge in [-0.25, -0.2) is 0 Å². The minimum atomic E-state index is -4.22. The number of halogens is 3. The van der Waals surface area contributed by atoms with Crippen molar-refractivity contribution in [3.63, 3.8) is 0 Å². The van der Waals surface area contributed by atoms with Gasteiger partial charge >= 0.3 is 5.51 Å². The van der Waals surface area contributed by atoms with E-state index in [2.05, 4.69) is 5.32 Å². The maximum atomic E-state index is 12.2. The Labute approximate surface area is 121 Å². The second-order valence-corrected chi connectivity index (χ2v) is 6.03. The molecule has 0 aromatic heterocycles. The van der Waals surface area contributed by atoms with Gasteiger partial charge in [0.2, 0.25) is 0 Å². The molecule has 0 atom stereocenters. The predicted octanol–water partition coefficient (Wildman–Crippen LogP) is 3.81. The molecule has 112 valence electrons. The minimum absolute atomic E-state index is 0.0874. The summed E-state index contributed by atoms with van der Waals surface area (Å²) >= 11 is -0.0874. The Morgan fingerprint density at radius 3 is 2.50 bits per heavy atom. The lowest BCUT2D eigenvalue weighted by Gasteiger charge is -2.08. The highest BCUT2D eigenvalue weighted by Crippen LogP contribution is 2.36. The number of hydrogen-bond donors (Lipinski definition) is 1. The van der Waals surface area contributed by atoms with Gasteiger partial charge in [0.15, 0.2) is 0 Å². The van der Waals surface area contributed by atoms with E-state index in [-0.39, 0.29) is 16.7 Å². The molecule has 1 aromatic carbocycles. The third-order valence-corrected chi connectivity index (χ3v) is 3.70. The average Bonchev–Trinajstić information content (AvgIpc) is 3.18. The summed E-state index contributed by atoms with van der Waals surface area (Å²) in [6, 6.07) is 6.43. The molecule has 0 aliphatic heterocycles. The van der Waals surface area contributed by atoms with E-state index in [0.29, 0.717) is 13.2 Å². The third kappa shape index (κ3) is 6.63. The third-order valence-electron chi connectivity index (χ3n) is 2.96. The molecule has 0 radical (unpaired) electrons. The summed E-state index contributed by atoms with van der Waals surface area (Å²) in [4.78, 5) is 0.217. The Hall–Kier alpha value is -0.720. The van der Waals surface area contributed by atoms with Crippen LogP contribution in [-0.2, 0) is 11.3 Å². The van der Waals surface area contributed by atoms with E-state index in [1.165, 1.54) is 25.0 Å². The fourth-order valence-electron chi connectivity index (χ4n) is 1.72. The van der Waals surface area contributed by atoms with Crippen molar-refractivity contribution in [1.29, 1.82) is 0 Å². The van der Waals surface area contributed by atoms with Gasteiger partial charge in [0.05, 0.1) is 6.61 Å². The zero-order valence-electron chi connectivity index (χ0n) is 11.1. The first-order chi connectivity index (χ1) is 9.53. The average molecular weight is 305 g/mol. The molecule has 1 fully saturated rings. The molecule has 2 rings (SSSR count). The van der Waals surface area contributed by atoms with Gasteiger partial charge in [-0.2, -0.15) is 13.2 Å². The van der Waals surface area contributed by atoms with Crippen molar-refractivity contribution in [2.75, 3.05) is 19.8 Å². The van der Waals surface area contributed by atoms with Crippen LogP contribution >= 0.6 is 11.8 Å². The van der Waals surface area contributed by atoms with Crippen LogP contribution in [0.5, 0.6) is 0 Å². The van der Waals surface area contributed by atoms with Crippen LogP contribution in [0, 0.1) is 5.92 Å². The van der Waals surface area contributed by atoms with Crippen LogP contribution in [0.25, 0.3) is 0 Å². The van der Waals surface area contributed by atoms with Crippen LogP contribution in [0.4, 0.5) is 13.2 Å². The van der Waals surface area contributed by atoms with Crippen LogP contribution in [0.3, 0.4) is 0 Å². The summed E-state index contributed by atoms with van der Waals surface area (Å²) in [7, 11) is 0. The molecular formula is C14H18F3NOS. The van der Waals surface area contributed by atoms with Gasteiger partial charge in [0.25, 0.3) is 0 Å². The van der Waals surface area contributed by atoms with Crippen LogP contribution in [0.1, 0.15) is 18.4 Å². The van der Waals surface area contributed by atoms with Crippen molar-refractivity contribution in [3.8, 4) is 0 Å². The fraction of sp³-hybridized carbons (Fsp3) is 0.571. The van der Waals surface area contributed by atoms with E-state index >= 15 is 0 Å². The Kier molecular flexibility index (Phi) is 5.74. The number of benzene rings is 1. The fourth-order valence-corrected chi connectivity index (χ4v) is 2.26. The zero-order chi connectivity index (χ0) is 14.4. The van der Waals surface area contributed by atoms with Crippen molar-refractivity contribution >= 4 is 11.8 Å². The van der Waals surface area contributed by atoms with Gasteiger partial charge in [-0.05, 0) is 48.2 Å². The largest absolute Gasteiger partial charge is 0.446 e. The molecule has 0 amide bonds. The Bertz CT molecular complexity index is 404. The Morgan fingerprint density at radius 1 is 1.20 bits per heavy atom. The summed E-state index contributed by atoms with van der Waals surface area (Å²) < 4.78 is 42.0. The summed E-state index contributed by atoms with van der Waals surface area (Å²) in [5.41, 5.74) is -3.25. The number of rotatable bonds is 8. The normalized spacial score (nSPS) is 15.6. The van der Waals surface area contributed by atoms with Crippen molar-refractivity contribution in [3.05, 3.63) is 29.8 Å². The lowest BCUT2D eigenvalue weighted by Crippen LogP contribution is -2.19. The van der Waals surface area contributed by atoms with E-state index in [1.54, 1.807) is 12.1 Å². The van der Waals surface area contributed by atoms with Crippen LogP contribution in [0.2, 0.25) is 0 Å². The van der Waals surface area contributed by atoms with Gasteiger partial charge in [-0.1, -0.05) is 12.1 Å². The lowest BCUT2D eigenvalue weighted by atomic mass is 10.2. The molecular weight excluding hydrogens is 287 g/mol. The first kappa shape index (κ1) is 15.7. The highest BCUT2D eigenvalue weighted by molar-refractivity contribution is 8.00. The highest BCUT2D eigenvalue weighted by atomic mass is 32.2. The minimum Gasteiger partial charge on any atom is -0.380 e. The van der Waals surface area contributed by atoms with E-state index in [9.17, 15) is 13.2 Å². The molecule has 0 saturated heterocycles. The molecule has 20 heavy (non-hydrogen) atoms. The maximum absolute atomic E-state index is 12.2. The topological polar surface area (TPSA) is 21.3 Å². The van der Waals surface area contributed by atoms with Gasteiger partial charge in [-0.3, -0.25) is 0 Å². The lowest BCUT2D eigenvalue weighted by molar-refractivity contribution is -0.0328. The molecule has 0 bridgehead atoms. The van der Waals surface area contributed by atoms with Gasteiger partial charge in [0, 0.05) is 24.6 Å². The number of nitrogens with one attached hydrogen (secondary N) is 1. The summed E-state index contributed by atoms with van der Waals surface area (Å²) in [5, 5.41) is 3.21. The van der Waals surface area contributed by atoms with Crippen LogP contribution in [-0.4, -0.2) is 25.3 Å². The second-order valence-electron chi connectivity index (χ2n) is 4.89. The molecule has 1 aromatic rings. The molecule has 0 spiro atoms. The predicted molar refractivity (Wildman–Crippen MR) is 73.6 cm³/mol. The number of alkyl halides is 3. The van der Waals surface area contributed by atoms with E-state index < -0.39 is 5.51 Å².